The lowest BCUT2D eigenvalue weighted by atomic mass is 10.2. The van der Waals surface area contributed by atoms with Gasteiger partial charge in [0.05, 0.1) is 11.2 Å². The third-order valence-corrected chi connectivity index (χ3v) is 4.78. The summed E-state index contributed by atoms with van der Waals surface area (Å²) in [6, 6.07) is 20.2. The Morgan fingerprint density at radius 3 is 2.50 bits per heavy atom. The van der Waals surface area contributed by atoms with Gasteiger partial charge in [0.15, 0.2) is 0 Å². The summed E-state index contributed by atoms with van der Waals surface area (Å²) in [6.07, 6.45) is 1.75. The van der Waals surface area contributed by atoms with Gasteiger partial charge in [-0.2, -0.15) is 0 Å². The Kier molecular flexibility index (Phi) is 4.80. The SMILES string of the molecule is O=C(Nc1cccc2cccnc12)N1CCN(Cc2ccccc2)CC1. The number of benzene rings is 2. The summed E-state index contributed by atoms with van der Waals surface area (Å²) in [5, 5.41) is 4.05. The number of anilines is 1. The van der Waals surface area contributed by atoms with Crippen molar-refractivity contribution in [2.24, 2.45) is 0 Å². The van der Waals surface area contributed by atoms with Crippen molar-refractivity contribution in [1.29, 1.82) is 0 Å². The van der Waals surface area contributed by atoms with E-state index < -0.39 is 0 Å². The number of carbonyl (C=O) groups excluding carboxylic acids is 1. The molecule has 0 saturated carbocycles. The topological polar surface area (TPSA) is 48.5 Å². The van der Waals surface area contributed by atoms with Crippen molar-refractivity contribution in [3.8, 4) is 0 Å². The predicted molar refractivity (Wildman–Crippen MR) is 104 cm³/mol. The van der Waals surface area contributed by atoms with Crippen molar-refractivity contribution < 1.29 is 4.79 Å². The standard InChI is InChI=1S/C21H22N4O/c26-21(23-19-10-4-8-18-9-5-11-22-20(18)19)25-14-12-24(13-15-25)16-17-6-2-1-3-7-17/h1-11H,12-16H2,(H,23,26). The molecule has 1 aliphatic rings. The van der Waals surface area contributed by atoms with Gasteiger partial charge in [-0.3, -0.25) is 9.88 Å². The molecular weight excluding hydrogens is 324 g/mol. The minimum absolute atomic E-state index is 0.0532. The van der Waals surface area contributed by atoms with Gasteiger partial charge in [0.25, 0.3) is 0 Å². The largest absolute Gasteiger partial charge is 0.322 e. The number of hydrogen-bond donors (Lipinski definition) is 1. The molecule has 0 radical (unpaired) electrons. The highest BCUT2D eigenvalue weighted by Gasteiger charge is 2.21. The summed E-state index contributed by atoms with van der Waals surface area (Å²) in [5.41, 5.74) is 2.90. The molecule has 26 heavy (non-hydrogen) atoms. The highest BCUT2D eigenvalue weighted by molar-refractivity contribution is 5.99. The van der Waals surface area contributed by atoms with Gasteiger partial charge in [0, 0.05) is 44.3 Å². The molecule has 2 amide bonds. The van der Waals surface area contributed by atoms with E-state index in [1.807, 2.05) is 41.3 Å². The highest BCUT2D eigenvalue weighted by atomic mass is 16.2. The first-order valence-corrected chi connectivity index (χ1v) is 8.95. The maximum Gasteiger partial charge on any atom is 0.321 e. The molecule has 1 N–H and O–H groups in total. The number of pyridine rings is 1. The summed E-state index contributed by atoms with van der Waals surface area (Å²) >= 11 is 0. The van der Waals surface area contributed by atoms with E-state index in [-0.39, 0.29) is 6.03 Å². The lowest BCUT2D eigenvalue weighted by molar-refractivity contribution is 0.143. The van der Waals surface area contributed by atoms with E-state index in [1.54, 1.807) is 6.20 Å². The van der Waals surface area contributed by atoms with Crippen molar-refractivity contribution in [3.63, 3.8) is 0 Å². The highest BCUT2D eigenvalue weighted by Crippen LogP contribution is 2.21. The van der Waals surface area contributed by atoms with E-state index in [0.717, 1.165) is 49.3 Å². The number of amides is 2. The molecule has 1 fully saturated rings. The van der Waals surface area contributed by atoms with Crippen molar-refractivity contribution in [3.05, 3.63) is 72.4 Å². The smallest absolute Gasteiger partial charge is 0.321 e. The van der Waals surface area contributed by atoms with E-state index in [4.69, 9.17) is 0 Å². The summed E-state index contributed by atoms with van der Waals surface area (Å²) in [6.45, 7) is 4.17. The number of piperazine rings is 1. The van der Waals surface area contributed by atoms with Crippen molar-refractivity contribution in [2.45, 2.75) is 6.54 Å². The fourth-order valence-corrected chi connectivity index (χ4v) is 3.35. The Bertz CT molecular complexity index is 883. The second-order valence-electron chi connectivity index (χ2n) is 6.56. The first-order chi connectivity index (χ1) is 12.8. The van der Waals surface area contributed by atoms with Crippen LogP contribution in [0, 0.1) is 0 Å². The van der Waals surface area contributed by atoms with Crippen LogP contribution in [0.15, 0.2) is 66.9 Å². The Morgan fingerprint density at radius 1 is 0.923 bits per heavy atom. The monoisotopic (exact) mass is 346 g/mol. The number of hydrogen-bond acceptors (Lipinski definition) is 3. The first-order valence-electron chi connectivity index (χ1n) is 8.95. The number of carbonyl (C=O) groups is 1. The van der Waals surface area contributed by atoms with E-state index in [1.165, 1.54) is 5.56 Å². The Morgan fingerprint density at radius 2 is 1.69 bits per heavy atom. The molecule has 2 aromatic carbocycles. The second-order valence-corrected chi connectivity index (χ2v) is 6.56. The van der Waals surface area contributed by atoms with Crippen LogP contribution in [-0.4, -0.2) is 47.0 Å². The molecule has 0 aliphatic carbocycles. The maximum absolute atomic E-state index is 12.6. The lowest BCUT2D eigenvalue weighted by Crippen LogP contribution is -2.49. The van der Waals surface area contributed by atoms with Crippen LogP contribution in [0.4, 0.5) is 10.5 Å². The number of urea groups is 1. The molecule has 132 valence electrons. The quantitative estimate of drug-likeness (QED) is 0.788. The van der Waals surface area contributed by atoms with E-state index in [2.05, 4.69) is 39.5 Å². The molecular formula is C21H22N4O. The number of nitrogens with one attached hydrogen (secondary N) is 1. The van der Waals surface area contributed by atoms with Gasteiger partial charge < -0.3 is 10.2 Å². The van der Waals surface area contributed by atoms with Gasteiger partial charge in [0.1, 0.15) is 0 Å². The molecule has 1 aliphatic heterocycles. The minimum Gasteiger partial charge on any atom is -0.322 e. The molecule has 1 aromatic heterocycles. The Balaban J connectivity index is 1.36. The minimum atomic E-state index is -0.0532. The zero-order chi connectivity index (χ0) is 17.8. The summed E-state index contributed by atoms with van der Waals surface area (Å²) < 4.78 is 0. The molecule has 1 saturated heterocycles. The fraction of sp³-hybridized carbons (Fsp3) is 0.238. The number of para-hydroxylation sites is 1. The Labute approximate surface area is 153 Å². The summed E-state index contributed by atoms with van der Waals surface area (Å²) in [4.78, 5) is 21.3. The molecule has 0 unspecified atom stereocenters. The van der Waals surface area contributed by atoms with E-state index in [9.17, 15) is 4.79 Å². The van der Waals surface area contributed by atoms with Crippen LogP contribution in [0.1, 0.15) is 5.56 Å². The van der Waals surface area contributed by atoms with Crippen LogP contribution < -0.4 is 5.32 Å². The zero-order valence-corrected chi connectivity index (χ0v) is 14.6. The molecule has 3 aromatic rings. The van der Waals surface area contributed by atoms with E-state index >= 15 is 0 Å². The first kappa shape index (κ1) is 16.5. The fourth-order valence-electron chi connectivity index (χ4n) is 3.35. The molecule has 5 nitrogen and oxygen atoms in total. The average Bonchev–Trinajstić information content (AvgIpc) is 2.70. The molecule has 0 bridgehead atoms. The summed E-state index contributed by atoms with van der Waals surface area (Å²) in [7, 11) is 0. The van der Waals surface area contributed by atoms with Gasteiger partial charge >= 0.3 is 6.03 Å². The van der Waals surface area contributed by atoms with Gasteiger partial charge in [-0.1, -0.05) is 48.5 Å². The van der Waals surface area contributed by atoms with Crippen LogP contribution in [-0.2, 0) is 6.54 Å². The zero-order valence-electron chi connectivity index (χ0n) is 14.6. The van der Waals surface area contributed by atoms with Gasteiger partial charge in [-0.25, -0.2) is 4.79 Å². The van der Waals surface area contributed by atoms with Gasteiger partial charge in [-0.05, 0) is 17.7 Å². The number of fused-ring (bicyclic) bond motifs is 1. The molecule has 0 spiro atoms. The lowest BCUT2D eigenvalue weighted by Gasteiger charge is -2.34. The Hall–Kier alpha value is -2.92. The predicted octanol–water partition coefficient (Wildman–Crippen LogP) is 3.58. The maximum atomic E-state index is 12.6. The van der Waals surface area contributed by atoms with Crippen LogP contribution >= 0.6 is 0 Å². The van der Waals surface area contributed by atoms with Crippen molar-refractivity contribution >= 4 is 22.6 Å². The van der Waals surface area contributed by atoms with E-state index in [0.29, 0.717) is 0 Å². The second kappa shape index (κ2) is 7.54. The van der Waals surface area contributed by atoms with Crippen molar-refractivity contribution in [2.75, 3.05) is 31.5 Å². The average molecular weight is 346 g/mol. The molecule has 5 heteroatoms. The summed E-state index contributed by atoms with van der Waals surface area (Å²) in [5.74, 6) is 0. The normalized spacial score (nSPS) is 15.2. The number of nitrogens with zero attached hydrogens (tertiary/aromatic N) is 3. The van der Waals surface area contributed by atoms with Crippen molar-refractivity contribution in [1.82, 2.24) is 14.8 Å². The van der Waals surface area contributed by atoms with Crippen LogP contribution in [0.3, 0.4) is 0 Å². The van der Waals surface area contributed by atoms with Crippen LogP contribution in [0.5, 0.6) is 0 Å². The molecule has 4 rings (SSSR count). The third-order valence-electron chi connectivity index (χ3n) is 4.78. The molecule has 2 heterocycles. The third kappa shape index (κ3) is 3.68. The van der Waals surface area contributed by atoms with Crippen LogP contribution in [0.25, 0.3) is 10.9 Å². The number of aromatic nitrogens is 1. The molecule has 0 atom stereocenters. The van der Waals surface area contributed by atoms with Crippen LogP contribution in [0.2, 0.25) is 0 Å². The number of rotatable bonds is 3. The van der Waals surface area contributed by atoms with Gasteiger partial charge in [-0.15, -0.1) is 0 Å². The van der Waals surface area contributed by atoms with Gasteiger partial charge in [0.2, 0.25) is 0 Å².